The molecule has 6 nitrogen and oxygen atoms in total. The lowest BCUT2D eigenvalue weighted by Gasteiger charge is -2.25. The lowest BCUT2D eigenvalue weighted by Crippen LogP contribution is -2.41. The van der Waals surface area contributed by atoms with Crippen molar-refractivity contribution in [3.8, 4) is 5.75 Å². The number of nitrogens with one attached hydrogen (secondary N) is 1. The zero-order chi connectivity index (χ0) is 15.2. The van der Waals surface area contributed by atoms with Crippen LogP contribution in [0.1, 0.15) is 19.8 Å². The highest BCUT2D eigenvalue weighted by Crippen LogP contribution is 2.17. The number of hydrogen-bond acceptors (Lipinski definition) is 4. The lowest BCUT2D eigenvalue weighted by molar-refractivity contribution is -0.136. The van der Waals surface area contributed by atoms with Gasteiger partial charge in [-0.3, -0.25) is 14.4 Å². The lowest BCUT2D eigenvalue weighted by atomic mass is 10.1. The summed E-state index contributed by atoms with van der Waals surface area (Å²) >= 11 is 0. The summed E-state index contributed by atoms with van der Waals surface area (Å²) in [7, 11) is 0. The number of ether oxygens (including phenoxy) is 1. The van der Waals surface area contributed by atoms with E-state index in [1.807, 2.05) is 0 Å². The van der Waals surface area contributed by atoms with Crippen LogP contribution < -0.4 is 10.1 Å². The van der Waals surface area contributed by atoms with Gasteiger partial charge in [0.2, 0.25) is 5.91 Å². The molecule has 1 aromatic carbocycles. The predicted molar refractivity (Wildman–Crippen MR) is 77.1 cm³/mol. The second kappa shape index (κ2) is 6.88. The number of amides is 2. The van der Waals surface area contributed by atoms with Gasteiger partial charge in [-0.05, 0) is 12.1 Å². The van der Waals surface area contributed by atoms with Gasteiger partial charge in [-0.25, -0.2) is 0 Å². The highest BCUT2D eigenvalue weighted by molar-refractivity contribution is 5.88. The molecule has 1 aliphatic rings. The number of ketones is 1. The highest BCUT2D eigenvalue weighted by Gasteiger charge is 2.20. The van der Waals surface area contributed by atoms with Crippen LogP contribution >= 0.6 is 0 Å². The van der Waals surface area contributed by atoms with Crippen molar-refractivity contribution in [2.75, 3.05) is 25.0 Å². The zero-order valence-electron chi connectivity index (χ0n) is 11.9. The van der Waals surface area contributed by atoms with Gasteiger partial charge in [0.25, 0.3) is 5.91 Å². The van der Waals surface area contributed by atoms with Crippen LogP contribution in [0.25, 0.3) is 0 Å². The predicted octanol–water partition coefficient (Wildman–Crippen LogP) is 1.22. The van der Waals surface area contributed by atoms with Crippen LogP contribution in [-0.2, 0) is 14.4 Å². The molecule has 1 heterocycles. The van der Waals surface area contributed by atoms with E-state index in [0.29, 0.717) is 37.4 Å². The molecule has 2 amide bonds. The minimum Gasteiger partial charge on any atom is -0.484 e. The Morgan fingerprint density at radius 3 is 2.67 bits per heavy atom. The fourth-order valence-corrected chi connectivity index (χ4v) is 2.11. The molecule has 1 saturated heterocycles. The van der Waals surface area contributed by atoms with Gasteiger partial charge in [0.15, 0.2) is 6.61 Å². The zero-order valence-corrected chi connectivity index (χ0v) is 11.9. The number of nitrogens with zero attached hydrogens (tertiary/aromatic N) is 1. The summed E-state index contributed by atoms with van der Waals surface area (Å²) in [6.45, 7) is 2.28. The molecule has 6 heteroatoms. The maximum absolute atomic E-state index is 12.0. The van der Waals surface area contributed by atoms with Crippen molar-refractivity contribution in [3.63, 3.8) is 0 Å². The van der Waals surface area contributed by atoms with Crippen molar-refractivity contribution in [2.24, 2.45) is 0 Å². The number of hydrogen-bond donors (Lipinski definition) is 1. The average molecular weight is 290 g/mol. The summed E-state index contributed by atoms with van der Waals surface area (Å²) in [5.74, 6) is 0.416. The molecule has 0 atom stereocenters. The number of carbonyl (C=O) groups is 3. The number of piperidine rings is 1. The van der Waals surface area contributed by atoms with Crippen LogP contribution in [0.4, 0.5) is 5.69 Å². The van der Waals surface area contributed by atoms with Crippen LogP contribution in [0.2, 0.25) is 0 Å². The fraction of sp³-hybridized carbons (Fsp3) is 0.400. The summed E-state index contributed by atoms with van der Waals surface area (Å²) in [4.78, 5) is 35.7. The Hall–Kier alpha value is -2.37. The smallest absolute Gasteiger partial charge is 0.260 e. The van der Waals surface area contributed by atoms with Crippen molar-refractivity contribution in [1.82, 2.24) is 4.90 Å². The average Bonchev–Trinajstić information content (AvgIpc) is 2.45. The summed E-state index contributed by atoms with van der Waals surface area (Å²) < 4.78 is 5.44. The van der Waals surface area contributed by atoms with E-state index < -0.39 is 0 Å². The van der Waals surface area contributed by atoms with E-state index in [4.69, 9.17) is 4.74 Å². The number of anilines is 1. The van der Waals surface area contributed by atoms with Crippen LogP contribution in [0.15, 0.2) is 24.3 Å². The summed E-state index contributed by atoms with van der Waals surface area (Å²) in [6.07, 6.45) is 0.841. The second-order valence-corrected chi connectivity index (χ2v) is 4.92. The molecule has 1 fully saturated rings. The second-order valence-electron chi connectivity index (χ2n) is 4.92. The first-order valence-corrected chi connectivity index (χ1v) is 6.84. The van der Waals surface area contributed by atoms with Gasteiger partial charge in [0.1, 0.15) is 11.5 Å². The van der Waals surface area contributed by atoms with Crippen LogP contribution in [-0.4, -0.2) is 42.2 Å². The van der Waals surface area contributed by atoms with E-state index in [-0.39, 0.29) is 24.2 Å². The number of Topliss-reactive ketones (excluding diaryl/α,β-unsaturated/α-hetero) is 1. The Morgan fingerprint density at radius 1 is 1.29 bits per heavy atom. The molecule has 1 aromatic rings. The molecule has 0 saturated carbocycles. The van der Waals surface area contributed by atoms with Crippen molar-refractivity contribution >= 4 is 23.3 Å². The standard InChI is InChI=1S/C15H18N2O4/c1-11(18)16-12-3-2-4-14(9-12)21-10-15(20)17-7-5-13(19)6-8-17/h2-4,9H,5-8,10H2,1H3,(H,16,18). The van der Waals surface area contributed by atoms with Crippen LogP contribution in [0.3, 0.4) is 0 Å². The van der Waals surface area contributed by atoms with Gasteiger partial charge in [-0.1, -0.05) is 6.07 Å². The Morgan fingerprint density at radius 2 is 2.00 bits per heavy atom. The van der Waals surface area contributed by atoms with E-state index in [2.05, 4.69) is 5.32 Å². The van der Waals surface area contributed by atoms with Gasteiger partial charge in [-0.15, -0.1) is 0 Å². The Balaban J connectivity index is 1.86. The first-order valence-electron chi connectivity index (χ1n) is 6.84. The minimum absolute atomic E-state index is 0.0717. The molecule has 0 aromatic heterocycles. The SMILES string of the molecule is CC(=O)Nc1cccc(OCC(=O)N2CCC(=O)CC2)c1. The van der Waals surface area contributed by atoms with Gasteiger partial charge >= 0.3 is 0 Å². The summed E-state index contributed by atoms with van der Waals surface area (Å²) in [5, 5.41) is 2.65. The fourth-order valence-electron chi connectivity index (χ4n) is 2.11. The summed E-state index contributed by atoms with van der Waals surface area (Å²) in [5.41, 5.74) is 0.621. The molecule has 0 unspecified atom stereocenters. The summed E-state index contributed by atoms with van der Waals surface area (Å²) in [6, 6.07) is 6.86. The Bertz CT molecular complexity index is 546. The van der Waals surface area contributed by atoms with Crippen molar-refractivity contribution in [3.05, 3.63) is 24.3 Å². The third kappa shape index (κ3) is 4.59. The third-order valence-electron chi connectivity index (χ3n) is 3.19. The quantitative estimate of drug-likeness (QED) is 0.904. The number of carbonyl (C=O) groups excluding carboxylic acids is 3. The molecule has 0 spiro atoms. The molecule has 0 bridgehead atoms. The van der Waals surface area contributed by atoms with E-state index in [9.17, 15) is 14.4 Å². The molecular formula is C15H18N2O4. The highest BCUT2D eigenvalue weighted by atomic mass is 16.5. The maximum atomic E-state index is 12.0. The number of likely N-dealkylation sites (tertiary alicyclic amines) is 1. The monoisotopic (exact) mass is 290 g/mol. The molecule has 0 radical (unpaired) electrons. The first kappa shape index (κ1) is 15.0. The number of benzene rings is 1. The van der Waals surface area contributed by atoms with Gasteiger partial charge < -0.3 is 15.0 Å². The van der Waals surface area contributed by atoms with Crippen molar-refractivity contribution in [2.45, 2.75) is 19.8 Å². The van der Waals surface area contributed by atoms with E-state index in [1.165, 1.54) is 6.92 Å². The molecular weight excluding hydrogens is 272 g/mol. The Kier molecular flexibility index (Phi) is 4.92. The normalized spacial score (nSPS) is 14.7. The molecule has 2 rings (SSSR count). The topological polar surface area (TPSA) is 75.7 Å². The van der Waals surface area contributed by atoms with Crippen molar-refractivity contribution in [1.29, 1.82) is 0 Å². The largest absolute Gasteiger partial charge is 0.484 e. The minimum atomic E-state index is -0.166. The van der Waals surface area contributed by atoms with E-state index >= 15 is 0 Å². The molecule has 1 N–H and O–H groups in total. The first-order chi connectivity index (χ1) is 10.0. The molecule has 21 heavy (non-hydrogen) atoms. The van der Waals surface area contributed by atoms with Crippen LogP contribution in [0, 0.1) is 0 Å². The molecule has 1 aliphatic heterocycles. The molecule has 112 valence electrons. The van der Waals surface area contributed by atoms with Gasteiger partial charge in [0.05, 0.1) is 0 Å². The van der Waals surface area contributed by atoms with Crippen LogP contribution in [0.5, 0.6) is 5.75 Å². The van der Waals surface area contributed by atoms with Gasteiger partial charge in [-0.2, -0.15) is 0 Å². The van der Waals surface area contributed by atoms with E-state index in [0.717, 1.165) is 0 Å². The number of rotatable bonds is 4. The molecule has 0 aliphatic carbocycles. The van der Waals surface area contributed by atoms with E-state index in [1.54, 1.807) is 29.2 Å². The Labute approximate surface area is 123 Å². The maximum Gasteiger partial charge on any atom is 0.260 e. The third-order valence-corrected chi connectivity index (χ3v) is 3.19. The van der Waals surface area contributed by atoms with Crippen molar-refractivity contribution < 1.29 is 19.1 Å². The van der Waals surface area contributed by atoms with Gasteiger partial charge in [0, 0.05) is 44.6 Å².